The molecule has 1 amide bonds. The molecule has 0 aliphatic carbocycles. The Hall–Kier alpha value is -2.29. The van der Waals surface area contributed by atoms with Crippen LogP contribution >= 0.6 is 11.8 Å². The summed E-state index contributed by atoms with van der Waals surface area (Å²) in [7, 11) is 3.27. The van der Waals surface area contributed by atoms with Crippen molar-refractivity contribution in [3.05, 3.63) is 53.6 Å². The van der Waals surface area contributed by atoms with Crippen molar-refractivity contribution in [2.24, 2.45) is 5.92 Å². The topological polar surface area (TPSA) is 74.3 Å². The standard InChI is InChI=1S/C29H39NO6S/c1-20-7-5-6-8-21(2)15-27(31)35-25-16-24(12-9-20)36-29(17-25,34-4)26-19-37-28(32)30(26)18-22-10-13-23(33-3)14-11-22/h5,7,10-11,13-15,20,24-26H,6,8-9,12,16-19H2,1-4H3/b7-5+,21-15-/t20-,24-,25?,26+,29-/m1/s1. The summed E-state index contributed by atoms with van der Waals surface area (Å²) in [6, 6.07) is 7.41. The zero-order valence-electron chi connectivity index (χ0n) is 22.3. The maximum Gasteiger partial charge on any atom is 0.330 e. The number of rotatable bonds is 5. The number of allylic oxidation sites excluding steroid dienone is 3. The molecule has 3 aliphatic heterocycles. The molecule has 3 aliphatic rings. The van der Waals surface area contributed by atoms with Crippen LogP contribution in [-0.2, 0) is 25.5 Å². The fourth-order valence-electron chi connectivity index (χ4n) is 5.39. The van der Waals surface area contributed by atoms with Gasteiger partial charge in [-0.2, -0.15) is 0 Å². The van der Waals surface area contributed by atoms with E-state index in [2.05, 4.69) is 19.1 Å². The van der Waals surface area contributed by atoms with Crippen LogP contribution in [0.4, 0.5) is 4.79 Å². The van der Waals surface area contributed by atoms with E-state index in [1.54, 1.807) is 20.3 Å². The summed E-state index contributed by atoms with van der Waals surface area (Å²) in [5.74, 6) is 0.357. The number of thioether (sulfide) groups is 1. The van der Waals surface area contributed by atoms with Crippen molar-refractivity contribution in [2.45, 2.75) is 83.0 Å². The molecule has 5 atom stereocenters. The Bertz CT molecular complexity index is 1010. The minimum absolute atomic E-state index is 0.00373. The summed E-state index contributed by atoms with van der Waals surface area (Å²) in [6.45, 7) is 4.63. The summed E-state index contributed by atoms with van der Waals surface area (Å²) in [5.41, 5.74) is 2.00. The number of esters is 1. The Balaban J connectivity index is 1.59. The van der Waals surface area contributed by atoms with Crippen LogP contribution in [0.15, 0.2) is 48.1 Å². The van der Waals surface area contributed by atoms with Gasteiger partial charge in [0.2, 0.25) is 0 Å². The molecule has 37 heavy (non-hydrogen) atoms. The highest BCUT2D eigenvalue weighted by Gasteiger charge is 2.54. The minimum Gasteiger partial charge on any atom is -0.497 e. The highest BCUT2D eigenvalue weighted by Crippen LogP contribution is 2.43. The molecule has 202 valence electrons. The van der Waals surface area contributed by atoms with Gasteiger partial charge in [-0.25, -0.2) is 4.79 Å². The Morgan fingerprint density at radius 2 is 1.92 bits per heavy atom. The van der Waals surface area contributed by atoms with Gasteiger partial charge >= 0.3 is 5.97 Å². The van der Waals surface area contributed by atoms with Crippen LogP contribution in [0.3, 0.4) is 0 Å². The SMILES string of the molecule is COc1ccc(CN2C(=O)SC[C@H]2[C@@]2(OC)CC3C[C@@H](CC[C@H](C)/C=C/CC/C(C)=C\C(=O)O3)O2)cc1. The van der Waals surface area contributed by atoms with E-state index in [-0.39, 0.29) is 29.5 Å². The quantitative estimate of drug-likeness (QED) is 0.348. The second kappa shape index (κ2) is 12.5. The third kappa shape index (κ3) is 6.98. The number of carbonyl (C=O) groups excluding carboxylic acids is 2. The second-order valence-electron chi connectivity index (χ2n) is 10.3. The normalized spacial score (nSPS) is 33.7. The van der Waals surface area contributed by atoms with Gasteiger partial charge in [0.1, 0.15) is 11.9 Å². The molecule has 8 heteroatoms. The average molecular weight is 530 g/mol. The van der Waals surface area contributed by atoms with Crippen LogP contribution in [-0.4, -0.2) is 60.1 Å². The predicted molar refractivity (Wildman–Crippen MR) is 144 cm³/mol. The number of benzene rings is 1. The first-order valence-electron chi connectivity index (χ1n) is 13.2. The molecule has 3 heterocycles. The number of ether oxygens (including phenoxy) is 4. The van der Waals surface area contributed by atoms with Gasteiger partial charge in [0.15, 0.2) is 5.79 Å². The smallest absolute Gasteiger partial charge is 0.330 e. The van der Waals surface area contributed by atoms with Crippen molar-refractivity contribution in [3.8, 4) is 5.75 Å². The summed E-state index contributed by atoms with van der Waals surface area (Å²) in [6.07, 6.45) is 10.1. The van der Waals surface area contributed by atoms with Crippen molar-refractivity contribution in [1.82, 2.24) is 4.90 Å². The Kier molecular flexibility index (Phi) is 9.37. The van der Waals surface area contributed by atoms with Gasteiger partial charge in [0.25, 0.3) is 5.24 Å². The molecular formula is C29H39NO6S. The minimum atomic E-state index is -1.06. The van der Waals surface area contributed by atoms with E-state index in [9.17, 15) is 9.59 Å². The molecule has 2 saturated heterocycles. The van der Waals surface area contributed by atoms with E-state index in [4.69, 9.17) is 18.9 Å². The third-order valence-corrected chi connectivity index (χ3v) is 8.47. The zero-order chi connectivity index (χ0) is 26.4. The lowest BCUT2D eigenvalue weighted by Crippen LogP contribution is -2.60. The summed E-state index contributed by atoms with van der Waals surface area (Å²) in [4.78, 5) is 27.6. The monoisotopic (exact) mass is 529 g/mol. The predicted octanol–water partition coefficient (Wildman–Crippen LogP) is 5.88. The van der Waals surface area contributed by atoms with E-state index in [0.29, 0.717) is 31.1 Å². The number of carbonyl (C=O) groups is 2. The lowest BCUT2D eigenvalue weighted by Gasteiger charge is -2.48. The average Bonchev–Trinajstić information content (AvgIpc) is 3.25. The highest BCUT2D eigenvalue weighted by atomic mass is 32.2. The van der Waals surface area contributed by atoms with Crippen LogP contribution in [0.2, 0.25) is 0 Å². The van der Waals surface area contributed by atoms with Gasteiger partial charge in [-0.05, 0) is 56.2 Å². The molecular weight excluding hydrogens is 490 g/mol. The van der Waals surface area contributed by atoms with Gasteiger partial charge in [-0.1, -0.05) is 48.5 Å². The van der Waals surface area contributed by atoms with Crippen LogP contribution in [0.1, 0.15) is 57.9 Å². The largest absolute Gasteiger partial charge is 0.497 e. The number of amides is 1. The van der Waals surface area contributed by atoms with Crippen LogP contribution in [0, 0.1) is 5.92 Å². The van der Waals surface area contributed by atoms with Crippen LogP contribution in [0.25, 0.3) is 0 Å². The molecule has 7 nitrogen and oxygen atoms in total. The van der Waals surface area contributed by atoms with E-state index >= 15 is 0 Å². The molecule has 2 bridgehead atoms. The maximum absolute atomic E-state index is 13.0. The summed E-state index contributed by atoms with van der Waals surface area (Å²) in [5, 5.41) is -0.00373. The third-order valence-electron chi connectivity index (χ3n) is 7.51. The van der Waals surface area contributed by atoms with Gasteiger partial charge < -0.3 is 23.8 Å². The molecule has 1 aromatic carbocycles. The highest BCUT2D eigenvalue weighted by molar-refractivity contribution is 8.13. The fraction of sp³-hybridized carbons (Fsp3) is 0.586. The number of nitrogens with zero attached hydrogens (tertiary/aromatic N) is 1. The molecule has 1 unspecified atom stereocenters. The van der Waals surface area contributed by atoms with Gasteiger partial charge in [0.05, 0.1) is 19.3 Å². The zero-order valence-corrected chi connectivity index (χ0v) is 23.1. The van der Waals surface area contributed by atoms with E-state index in [0.717, 1.165) is 42.6 Å². The Morgan fingerprint density at radius 1 is 1.14 bits per heavy atom. The number of fused-ring (bicyclic) bond motifs is 2. The fourth-order valence-corrected chi connectivity index (χ4v) is 6.49. The molecule has 0 aromatic heterocycles. The number of methoxy groups -OCH3 is 2. The van der Waals surface area contributed by atoms with E-state index in [1.165, 1.54) is 11.8 Å². The lowest BCUT2D eigenvalue weighted by molar-refractivity contribution is -0.305. The lowest BCUT2D eigenvalue weighted by atomic mass is 9.89. The first kappa shape index (κ1) is 27.7. The molecule has 0 saturated carbocycles. The maximum atomic E-state index is 13.0. The first-order valence-corrected chi connectivity index (χ1v) is 14.1. The van der Waals surface area contributed by atoms with Crippen molar-refractivity contribution < 1.29 is 28.5 Å². The Morgan fingerprint density at radius 3 is 2.65 bits per heavy atom. The van der Waals surface area contributed by atoms with E-state index < -0.39 is 5.79 Å². The molecule has 0 radical (unpaired) electrons. The second-order valence-corrected chi connectivity index (χ2v) is 11.3. The molecule has 0 N–H and O–H groups in total. The van der Waals surface area contributed by atoms with Crippen molar-refractivity contribution >= 4 is 23.0 Å². The number of hydrogen-bond donors (Lipinski definition) is 0. The van der Waals surface area contributed by atoms with Crippen molar-refractivity contribution in [3.63, 3.8) is 0 Å². The van der Waals surface area contributed by atoms with Crippen LogP contribution < -0.4 is 4.74 Å². The Labute approximate surface area is 224 Å². The van der Waals surface area contributed by atoms with Crippen molar-refractivity contribution in [1.29, 1.82) is 0 Å². The molecule has 0 spiro atoms. The molecule has 4 rings (SSSR count). The van der Waals surface area contributed by atoms with E-state index in [1.807, 2.05) is 36.1 Å². The van der Waals surface area contributed by atoms with Gasteiger partial charge in [0, 0.05) is 38.3 Å². The van der Waals surface area contributed by atoms with Crippen molar-refractivity contribution in [2.75, 3.05) is 20.0 Å². The van der Waals surface area contributed by atoms with Gasteiger partial charge in [-0.15, -0.1) is 0 Å². The number of hydrogen-bond acceptors (Lipinski definition) is 7. The summed E-state index contributed by atoms with van der Waals surface area (Å²) < 4.78 is 24.1. The molecule has 2 fully saturated rings. The molecule has 1 aromatic rings. The van der Waals surface area contributed by atoms with Gasteiger partial charge in [-0.3, -0.25) is 4.79 Å². The van der Waals surface area contributed by atoms with Crippen LogP contribution in [0.5, 0.6) is 5.75 Å². The summed E-state index contributed by atoms with van der Waals surface area (Å²) >= 11 is 1.28. The first-order chi connectivity index (χ1) is 17.8.